The van der Waals surface area contributed by atoms with E-state index in [0.29, 0.717) is 12.4 Å². The van der Waals surface area contributed by atoms with Crippen molar-refractivity contribution in [2.45, 2.75) is 32.5 Å². The number of halogens is 1. The van der Waals surface area contributed by atoms with Gasteiger partial charge < -0.3 is 20.5 Å². The molecule has 0 saturated carbocycles. The zero-order chi connectivity index (χ0) is 21.8. The number of rotatable bonds is 6. The van der Waals surface area contributed by atoms with Gasteiger partial charge in [-0.3, -0.25) is 0 Å². The maximum absolute atomic E-state index is 13.9. The lowest BCUT2D eigenvalue weighted by atomic mass is 9.97. The third kappa shape index (κ3) is 4.57. The van der Waals surface area contributed by atoms with Crippen molar-refractivity contribution in [2.75, 3.05) is 6.61 Å². The van der Waals surface area contributed by atoms with Crippen LogP contribution >= 0.6 is 0 Å². The van der Waals surface area contributed by atoms with Gasteiger partial charge in [-0.15, -0.1) is 0 Å². The highest BCUT2D eigenvalue weighted by atomic mass is 19.1. The summed E-state index contributed by atoms with van der Waals surface area (Å²) < 4.78 is 19.5. The van der Waals surface area contributed by atoms with Crippen molar-refractivity contribution in [2.24, 2.45) is 0 Å². The van der Waals surface area contributed by atoms with E-state index in [4.69, 9.17) is 4.74 Å². The van der Waals surface area contributed by atoms with E-state index in [-0.39, 0.29) is 23.8 Å². The summed E-state index contributed by atoms with van der Waals surface area (Å²) in [4.78, 5) is 0. The number of nitrogens with one attached hydrogen (secondary N) is 1. The van der Waals surface area contributed by atoms with Gasteiger partial charge in [0.25, 0.3) is 0 Å². The molecule has 0 radical (unpaired) electrons. The van der Waals surface area contributed by atoms with Crippen molar-refractivity contribution in [3.63, 3.8) is 0 Å². The molecule has 0 bridgehead atoms. The second-order valence-corrected chi connectivity index (χ2v) is 7.65. The first-order chi connectivity index (χ1) is 15.1. The number of phenols is 1. The predicted molar refractivity (Wildman–Crippen MR) is 120 cm³/mol. The maximum Gasteiger partial charge on any atom is 0.186 e. The molecule has 1 aliphatic rings. The molecule has 2 atom stereocenters. The molecule has 31 heavy (non-hydrogen) atoms. The van der Waals surface area contributed by atoms with Gasteiger partial charge >= 0.3 is 0 Å². The molecule has 0 aromatic heterocycles. The van der Waals surface area contributed by atoms with E-state index in [1.54, 1.807) is 18.2 Å². The first-order valence-electron chi connectivity index (χ1n) is 10.7. The second kappa shape index (κ2) is 9.23. The molecule has 4 rings (SSSR count). The number of aromatic hydroxyl groups is 1. The van der Waals surface area contributed by atoms with E-state index in [1.807, 2.05) is 25.1 Å². The van der Waals surface area contributed by atoms with Crippen LogP contribution in [0.15, 0.2) is 72.8 Å². The number of nitrogens with two attached hydrogens (primary N) is 1. The Balaban J connectivity index is 1.76. The van der Waals surface area contributed by atoms with Crippen LogP contribution in [0.5, 0.6) is 11.5 Å². The van der Waals surface area contributed by atoms with Crippen LogP contribution in [0, 0.1) is 5.82 Å². The molecule has 0 saturated heterocycles. The van der Waals surface area contributed by atoms with Crippen LogP contribution in [0.1, 0.15) is 48.3 Å². The van der Waals surface area contributed by atoms with Crippen molar-refractivity contribution in [1.82, 2.24) is 5.32 Å². The molecule has 3 aromatic carbocycles. The molecule has 4 nitrogen and oxygen atoms in total. The van der Waals surface area contributed by atoms with Crippen molar-refractivity contribution in [3.8, 4) is 11.5 Å². The average molecular weight is 420 g/mol. The van der Waals surface area contributed by atoms with Crippen molar-refractivity contribution >= 4 is 5.70 Å². The summed E-state index contributed by atoms with van der Waals surface area (Å²) in [6.45, 7) is 4.50. The van der Waals surface area contributed by atoms with Gasteiger partial charge in [0.05, 0.1) is 12.2 Å². The van der Waals surface area contributed by atoms with Crippen molar-refractivity contribution in [1.29, 1.82) is 0 Å². The number of hydrogen-bond acceptors (Lipinski definition) is 3. The smallest absolute Gasteiger partial charge is 0.186 e. The molecule has 2 unspecified atom stereocenters. The Kier molecular flexibility index (Phi) is 6.23. The number of quaternary nitrogens is 1. The van der Waals surface area contributed by atoms with Crippen LogP contribution in [0.2, 0.25) is 0 Å². The lowest BCUT2D eigenvalue weighted by Crippen LogP contribution is -2.89. The quantitative estimate of drug-likeness (QED) is 0.554. The van der Waals surface area contributed by atoms with E-state index in [0.717, 1.165) is 28.8 Å². The van der Waals surface area contributed by atoms with Gasteiger partial charge in [0.15, 0.2) is 17.7 Å². The average Bonchev–Trinajstić information content (AvgIpc) is 2.80. The summed E-state index contributed by atoms with van der Waals surface area (Å²) in [5.74, 6) is 0.341. The van der Waals surface area contributed by atoms with Gasteiger partial charge in [0.1, 0.15) is 11.9 Å². The molecule has 5 heteroatoms. The number of phenolic OH excluding ortho intramolecular Hbond substituents is 1. The Hall–Kier alpha value is -3.31. The normalized spacial score (nSPS) is 18.2. The molecule has 160 valence electrons. The van der Waals surface area contributed by atoms with Crippen LogP contribution in [-0.4, -0.2) is 11.7 Å². The number of hydrogen-bond donors (Lipinski definition) is 3. The van der Waals surface area contributed by atoms with E-state index in [1.165, 1.54) is 11.6 Å². The zero-order valence-electron chi connectivity index (χ0n) is 17.8. The lowest BCUT2D eigenvalue weighted by molar-refractivity contribution is -0.731. The van der Waals surface area contributed by atoms with Gasteiger partial charge in [-0.05, 0) is 48.7 Å². The van der Waals surface area contributed by atoms with E-state index in [2.05, 4.69) is 47.9 Å². The number of para-hydroxylation sites is 1. The SMILES string of the molecule is CCOc1cccc(C2C=C(c3ccc(CC)cc3)NC(c3cccc(F)c3)[NH2+]2)c1O. The van der Waals surface area contributed by atoms with Gasteiger partial charge in [0.2, 0.25) is 0 Å². The summed E-state index contributed by atoms with van der Waals surface area (Å²) in [7, 11) is 0. The Bertz CT molecular complexity index is 1080. The summed E-state index contributed by atoms with van der Waals surface area (Å²) >= 11 is 0. The Morgan fingerprint density at radius 3 is 2.52 bits per heavy atom. The maximum atomic E-state index is 13.9. The van der Waals surface area contributed by atoms with E-state index < -0.39 is 0 Å². The highest BCUT2D eigenvalue weighted by Crippen LogP contribution is 2.35. The monoisotopic (exact) mass is 419 g/mol. The fourth-order valence-electron chi connectivity index (χ4n) is 3.97. The molecular weight excluding hydrogens is 391 g/mol. The predicted octanol–water partition coefficient (Wildman–Crippen LogP) is 4.44. The van der Waals surface area contributed by atoms with Gasteiger partial charge in [-0.1, -0.05) is 49.4 Å². The summed E-state index contributed by atoms with van der Waals surface area (Å²) in [5.41, 5.74) is 4.87. The molecule has 1 aliphatic heterocycles. The highest BCUT2D eigenvalue weighted by Gasteiger charge is 2.30. The molecular formula is C26H28FN2O2+. The summed E-state index contributed by atoms with van der Waals surface area (Å²) in [6, 6.07) is 20.4. The van der Waals surface area contributed by atoms with Crippen molar-refractivity contribution < 1.29 is 19.6 Å². The number of ether oxygens (including phenoxy) is 1. The first-order valence-corrected chi connectivity index (χ1v) is 10.7. The molecule has 4 N–H and O–H groups in total. The highest BCUT2D eigenvalue weighted by molar-refractivity contribution is 5.66. The fourth-order valence-corrected chi connectivity index (χ4v) is 3.97. The minimum absolute atomic E-state index is 0.141. The summed E-state index contributed by atoms with van der Waals surface area (Å²) in [6.07, 6.45) is 2.87. The van der Waals surface area contributed by atoms with Crippen LogP contribution in [0.4, 0.5) is 4.39 Å². The Morgan fingerprint density at radius 1 is 1.03 bits per heavy atom. The third-order valence-corrected chi connectivity index (χ3v) is 5.63. The number of aryl methyl sites for hydroxylation is 1. The summed E-state index contributed by atoms with van der Waals surface area (Å²) in [5, 5.41) is 16.5. The number of benzene rings is 3. The van der Waals surface area contributed by atoms with Gasteiger partial charge in [-0.2, -0.15) is 0 Å². The second-order valence-electron chi connectivity index (χ2n) is 7.65. The third-order valence-electron chi connectivity index (χ3n) is 5.63. The van der Waals surface area contributed by atoms with Crippen LogP contribution in [0.25, 0.3) is 5.70 Å². The molecule has 0 fully saturated rings. The molecule has 0 amide bonds. The largest absolute Gasteiger partial charge is 0.504 e. The lowest BCUT2D eigenvalue weighted by Gasteiger charge is -2.30. The van der Waals surface area contributed by atoms with E-state index in [9.17, 15) is 9.50 Å². The molecule has 1 heterocycles. The first kappa shape index (κ1) is 20.9. The minimum Gasteiger partial charge on any atom is -0.504 e. The fraction of sp³-hybridized carbons (Fsp3) is 0.231. The molecule has 0 spiro atoms. The van der Waals surface area contributed by atoms with Crippen molar-refractivity contribution in [3.05, 3.63) is 101 Å². The standard InChI is InChI=1S/C26H27FN2O2/c1-3-17-11-13-18(14-12-17)22-16-23(21-9-6-10-24(25(21)30)31-4-2)29-26(28-22)19-7-5-8-20(27)15-19/h5-16,23,26,28-30H,3-4H2,1-2H3/p+1. The Morgan fingerprint density at radius 2 is 1.81 bits per heavy atom. The topological polar surface area (TPSA) is 58.1 Å². The minimum atomic E-state index is -0.270. The van der Waals surface area contributed by atoms with Crippen LogP contribution in [-0.2, 0) is 6.42 Å². The van der Waals surface area contributed by atoms with Crippen LogP contribution < -0.4 is 15.4 Å². The zero-order valence-corrected chi connectivity index (χ0v) is 17.8. The molecule has 3 aromatic rings. The van der Waals surface area contributed by atoms with E-state index >= 15 is 0 Å². The molecule has 0 aliphatic carbocycles. The van der Waals surface area contributed by atoms with Crippen LogP contribution in [0.3, 0.4) is 0 Å². The van der Waals surface area contributed by atoms with Gasteiger partial charge in [-0.25, -0.2) is 4.39 Å². The van der Waals surface area contributed by atoms with Gasteiger partial charge in [0, 0.05) is 17.3 Å². The Labute approximate surface area is 182 Å².